The summed E-state index contributed by atoms with van der Waals surface area (Å²) in [4.78, 5) is 11.7. The minimum atomic E-state index is -6.48. The maximum Gasteiger partial charge on any atom is 0.438 e. The lowest BCUT2D eigenvalue weighted by Crippen LogP contribution is -2.63. The first-order chi connectivity index (χ1) is 11.0. The molecule has 1 aromatic carbocycles. The van der Waals surface area contributed by atoms with E-state index in [1.165, 1.54) is 22.6 Å². The van der Waals surface area contributed by atoms with Gasteiger partial charge in [0.05, 0.1) is 0 Å². The molecule has 142 valence electrons. The van der Waals surface area contributed by atoms with Crippen LogP contribution >= 0.6 is 22.6 Å². The van der Waals surface area contributed by atoms with Crippen LogP contribution in [0.2, 0.25) is 0 Å². The fourth-order valence-corrected chi connectivity index (χ4v) is 3.21. The van der Waals surface area contributed by atoms with Gasteiger partial charge in [0.15, 0.2) is 0 Å². The number of esters is 1. The number of rotatable bonds is 4. The molecular weight excluding hydrogens is 504 g/mol. The summed E-state index contributed by atoms with van der Waals surface area (Å²) in [6.07, 6.45) is -13.0. The SMILES string of the molecule is O=C(OC(CS(=O)(=O)O)(C(F)(F)F)C(F)(F)F)c1c(F)cccc1I. The van der Waals surface area contributed by atoms with Crippen LogP contribution in [0.4, 0.5) is 30.7 Å². The molecule has 0 spiro atoms. The zero-order valence-corrected chi connectivity index (χ0v) is 14.4. The second-order valence-electron chi connectivity index (χ2n) is 4.53. The smallest absolute Gasteiger partial charge is 0.434 e. The fraction of sp³-hybridized carbons (Fsp3) is 0.364. The minimum absolute atomic E-state index is 0.382. The summed E-state index contributed by atoms with van der Waals surface area (Å²) in [6, 6.07) is 2.59. The van der Waals surface area contributed by atoms with Gasteiger partial charge in [0.2, 0.25) is 0 Å². The summed E-state index contributed by atoms with van der Waals surface area (Å²) in [5.41, 5.74) is -6.84. The number of hydrogen-bond donors (Lipinski definition) is 1. The van der Waals surface area contributed by atoms with Crippen LogP contribution in [0.5, 0.6) is 0 Å². The number of alkyl halides is 6. The van der Waals surface area contributed by atoms with Crippen molar-refractivity contribution in [1.29, 1.82) is 0 Å². The Balaban J connectivity index is 3.56. The molecule has 0 fully saturated rings. The molecule has 0 heterocycles. The van der Waals surface area contributed by atoms with Crippen molar-refractivity contribution in [3.8, 4) is 0 Å². The van der Waals surface area contributed by atoms with Gasteiger partial charge in [-0.2, -0.15) is 34.8 Å². The first kappa shape index (κ1) is 21.9. The molecule has 5 nitrogen and oxygen atoms in total. The van der Waals surface area contributed by atoms with E-state index in [0.717, 1.165) is 12.1 Å². The lowest BCUT2D eigenvalue weighted by Gasteiger charge is -2.35. The number of hydrogen-bond acceptors (Lipinski definition) is 4. The van der Waals surface area contributed by atoms with Crippen molar-refractivity contribution in [2.75, 3.05) is 5.75 Å². The Labute approximate surface area is 149 Å². The van der Waals surface area contributed by atoms with Crippen LogP contribution in [0.25, 0.3) is 0 Å². The zero-order chi connectivity index (χ0) is 19.8. The quantitative estimate of drug-likeness (QED) is 0.291. The molecule has 0 atom stereocenters. The average molecular weight is 510 g/mol. The molecule has 0 unspecified atom stereocenters. The summed E-state index contributed by atoms with van der Waals surface area (Å²) in [5.74, 6) is -6.92. The van der Waals surface area contributed by atoms with Crippen molar-refractivity contribution in [1.82, 2.24) is 0 Å². The first-order valence-corrected chi connectivity index (χ1v) is 8.46. The van der Waals surface area contributed by atoms with E-state index in [1.54, 1.807) is 0 Å². The van der Waals surface area contributed by atoms with Crippen LogP contribution in [-0.4, -0.2) is 42.6 Å². The Bertz CT molecular complexity index is 738. The van der Waals surface area contributed by atoms with Gasteiger partial charge in [0, 0.05) is 3.57 Å². The van der Waals surface area contributed by atoms with Crippen molar-refractivity contribution in [3.63, 3.8) is 0 Å². The van der Waals surface area contributed by atoms with Crippen LogP contribution < -0.4 is 0 Å². The average Bonchev–Trinajstić information content (AvgIpc) is 2.33. The molecular formula is C11H6F7IO5S. The third-order valence-electron chi connectivity index (χ3n) is 2.74. The molecule has 0 bridgehead atoms. The number of ether oxygens (including phenoxy) is 1. The minimum Gasteiger partial charge on any atom is -0.434 e. The van der Waals surface area contributed by atoms with E-state index in [-0.39, 0.29) is 3.57 Å². The molecule has 0 aliphatic heterocycles. The Morgan fingerprint density at radius 3 is 1.96 bits per heavy atom. The summed E-state index contributed by atoms with van der Waals surface area (Å²) >= 11 is 1.25. The lowest BCUT2D eigenvalue weighted by atomic mass is 10.1. The third-order valence-corrected chi connectivity index (χ3v) is 4.41. The topological polar surface area (TPSA) is 80.7 Å². The molecule has 14 heteroatoms. The van der Waals surface area contributed by atoms with Gasteiger partial charge in [-0.25, -0.2) is 9.18 Å². The van der Waals surface area contributed by atoms with Crippen molar-refractivity contribution in [3.05, 3.63) is 33.1 Å². The van der Waals surface area contributed by atoms with E-state index in [4.69, 9.17) is 4.55 Å². The molecule has 25 heavy (non-hydrogen) atoms. The third kappa shape index (κ3) is 4.72. The molecule has 0 aliphatic carbocycles. The highest BCUT2D eigenvalue weighted by molar-refractivity contribution is 14.1. The Kier molecular flexibility index (Phi) is 6.01. The Hall–Kier alpha value is -1.16. The van der Waals surface area contributed by atoms with Crippen molar-refractivity contribution in [2.45, 2.75) is 18.0 Å². The highest BCUT2D eigenvalue weighted by Crippen LogP contribution is 2.47. The number of carbonyl (C=O) groups excluding carboxylic acids is 1. The summed E-state index contributed by atoms with van der Waals surface area (Å²) < 4.78 is 125. The molecule has 0 aliphatic rings. The molecule has 0 saturated carbocycles. The van der Waals surface area contributed by atoms with E-state index in [2.05, 4.69) is 4.74 Å². The van der Waals surface area contributed by atoms with Crippen molar-refractivity contribution < 1.29 is 53.2 Å². The second-order valence-corrected chi connectivity index (χ2v) is 7.15. The highest BCUT2D eigenvalue weighted by atomic mass is 127. The van der Waals surface area contributed by atoms with Gasteiger partial charge in [0.1, 0.15) is 17.1 Å². The van der Waals surface area contributed by atoms with Crippen LogP contribution in [-0.2, 0) is 14.9 Å². The van der Waals surface area contributed by atoms with Gasteiger partial charge >= 0.3 is 23.9 Å². The molecule has 1 rings (SSSR count). The molecule has 0 radical (unpaired) electrons. The predicted molar refractivity (Wildman–Crippen MR) is 75.8 cm³/mol. The van der Waals surface area contributed by atoms with Gasteiger partial charge < -0.3 is 4.74 Å². The fourth-order valence-electron chi connectivity index (χ4n) is 1.63. The molecule has 0 aromatic heterocycles. The highest BCUT2D eigenvalue weighted by Gasteiger charge is 2.76. The normalized spacial score (nSPS) is 13.6. The molecule has 1 N–H and O–H groups in total. The predicted octanol–water partition coefficient (Wildman–Crippen LogP) is 3.34. The van der Waals surface area contributed by atoms with E-state index < -0.39 is 51.2 Å². The molecule has 1 aromatic rings. The Morgan fingerprint density at radius 2 is 1.60 bits per heavy atom. The second kappa shape index (κ2) is 6.86. The molecule has 0 amide bonds. The summed E-state index contributed by atoms with van der Waals surface area (Å²) in [6.45, 7) is 0. The number of benzene rings is 1. The summed E-state index contributed by atoms with van der Waals surface area (Å²) in [7, 11) is -5.91. The van der Waals surface area contributed by atoms with Gasteiger partial charge in [-0.3, -0.25) is 4.55 Å². The van der Waals surface area contributed by atoms with E-state index in [9.17, 15) is 43.9 Å². The van der Waals surface area contributed by atoms with Gasteiger partial charge in [-0.15, -0.1) is 0 Å². The Morgan fingerprint density at radius 1 is 1.12 bits per heavy atom. The zero-order valence-electron chi connectivity index (χ0n) is 11.5. The standard InChI is InChI=1S/C11H6F7IO5S/c12-5-2-1-3-6(19)7(5)8(20)24-9(10(13,14)15,11(16,17)18)4-25(21,22)23/h1-3H,4H2,(H,21,22,23). The first-order valence-electron chi connectivity index (χ1n) is 5.78. The van der Waals surface area contributed by atoms with Crippen molar-refractivity contribution in [2.24, 2.45) is 0 Å². The molecule has 0 saturated heterocycles. The largest absolute Gasteiger partial charge is 0.438 e. The van der Waals surface area contributed by atoms with Gasteiger partial charge in [-0.1, -0.05) is 6.07 Å². The summed E-state index contributed by atoms with van der Waals surface area (Å²) in [5, 5.41) is 0. The number of halogens is 8. The lowest BCUT2D eigenvalue weighted by molar-refractivity contribution is -0.356. The van der Waals surface area contributed by atoms with Gasteiger partial charge in [-0.05, 0) is 34.7 Å². The van der Waals surface area contributed by atoms with E-state index in [1.807, 2.05) is 0 Å². The van der Waals surface area contributed by atoms with Crippen LogP contribution in [0, 0.1) is 9.39 Å². The monoisotopic (exact) mass is 510 g/mol. The van der Waals surface area contributed by atoms with E-state index in [0.29, 0.717) is 6.07 Å². The van der Waals surface area contributed by atoms with Crippen LogP contribution in [0.3, 0.4) is 0 Å². The van der Waals surface area contributed by atoms with Crippen LogP contribution in [0.1, 0.15) is 10.4 Å². The van der Waals surface area contributed by atoms with E-state index >= 15 is 0 Å². The van der Waals surface area contributed by atoms with Crippen LogP contribution in [0.15, 0.2) is 18.2 Å². The number of carbonyl (C=O) groups is 1. The van der Waals surface area contributed by atoms with Crippen molar-refractivity contribution >= 4 is 38.7 Å². The van der Waals surface area contributed by atoms with Gasteiger partial charge in [0.25, 0.3) is 10.1 Å². The maximum atomic E-state index is 13.6. The maximum absolute atomic E-state index is 13.6.